The molecular formula is C13H19FN2O2. The molecule has 0 saturated carbocycles. The topological polar surface area (TPSA) is 52.6 Å². The quantitative estimate of drug-likeness (QED) is 0.835. The van der Waals surface area contributed by atoms with E-state index in [0.717, 1.165) is 0 Å². The molecule has 1 rings (SSSR count). The van der Waals surface area contributed by atoms with Crippen molar-refractivity contribution in [1.82, 2.24) is 5.32 Å². The summed E-state index contributed by atoms with van der Waals surface area (Å²) in [6.45, 7) is 1.69. The van der Waals surface area contributed by atoms with Crippen molar-refractivity contribution in [1.29, 1.82) is 0 Å². The lowest BCUT2D eigenvalue weighted by molar-refractivity contribution is 0.0911. The fourth-order valence-corrected chi connectivity index (χ4v) is 1.51. The van der Waals surface area contributed by atoms with Gasteiger partial charge in [-0.15, -0.1) is 0 Å². The SMILES string of the molecule is CC[C@@H](CO)NC(=O)c1ccc(N(C)C)cc1F. The molecule has 0 aliphatic heterocycles. The largest absolute Gasteiger partial charge is 0.394 e. The first-order chi connectivity index (χ1) is 8.49. The second kappa shape index (κ2) is 6.35. The fourth-order valence-electron chi connectivity index (χ4n) is 1.51. The number of carbonyl (C=O) groups is 1. The molecule has 0 aliphatic rings. The molecule has 0 fully saturated rings. The van der Waals surface area contributed by atoms with Gasteiger partial charge in [-0.1, -0.05) is 6.92 Å². The van der Waals surface area contributed by atoms with Gasteiger partial charge in [-0.3, -0.25) is 4.79 Å². The van der Waals surface area contributed by atoms with Crippen molar-refractivity contribution in [3.05, 3.63) is 29.6 Å². The maximum Gasteiger partial charge on any atom is 0.254 e. The zero-order valence-corrected chi connectivity index (χ0v) is 10.9. The zero-order chi connectivity index (χ0) is 13.7. The molecule has 1 amide bonds. The average molecular weight is 254 g/mol. The van der Waals surface area contributed by atoms with E-state index in [1.54, 1.807) is 25.1 Å². The first-order valence-electron chi connectivity index (χ1n) is 5.88. The van der Waals surface area contributed by atoms with E-state index in [1.165, 1.54) is 12.1 Å². The van der Waals surface area contributed by atoms with Crippen LogP contribution in [0.1, 0.15) is 23.7 Å². The molecule has 1 aromatic carbocycles. The molecule has 0 aliphatic carbocycles. The van der Waals surface area contributed by atoms with E-state index in [4.69, 9.17) is 5.11 Å². The highest BCUT2D eigenvalue weighted by molar-refractivity contribution is 5.95. The van der Waals surface area contributed by atoms with Gasteiger partial charge >= 0.3 is 0 Å². The number of rotatable bonds is 5. The first-order valence-corrected chi connectivity index (χ1v) is 5.88. The second-order valence-electron chi connectivity index (χ2n) is 4.32. The molecule has 0 aromatic heterocycles. The molecule has 0 unspecified atom stereocenters. The number of nitrogens with zero attached hydrogens (tertiary/aromatic N) is 1. The summed E-state index contributed by atoms with van der Waals surface area (Å²) < 4.78 is 13.8. The molecule has 1 aromatic rings. The van der Waals surface area contributed by atoms with Crippen LogP contribution in [0.2, 0.25) is 0 Å². The Hall–Kier alpha value is -1.62. The van der Waals surface area contributed by atoms with E-state index >= 15 is 0 Å². The lowest BCUT2D eigenvalue weighted by Crippen LogP contribution is -2.37. The minimum absolute atomic E-state index is 0.00694. The lowest BCUT2D eigenvalue weighted by Gasteiger charge is -2.16. The molecule has 18 heavy (non-hydrogen) atoms. The third-order valence-corrected chi connectivity index (χ3v) is 2.76. The molecule has 4 nitrogen and oxygen atoms in total. The van der Waals surface area contributed by atoms with Gasteiger partial charge in [-0.25, -0.2) is 4.39 Å². The summed E-state index contributed by atoms with van der Waals surface area (Å²) >= 11 is 0. The standard InChI is InChI=1S/C13H19FN2O2/c1-4-9(8-17)15-13(18)11-6-5-10(16(2)3)7-12(11)14/h5-7,9,17H,4,8H2,1-3H3,(H,15,18)/t9-/m0/s1. The summed E-state index contributed by atoms with van der Waals surface area (Å²) in [5.41, 5.74) is 0.686. The number of hydrogen-bond donors (Lipinski definition) is 2. The Morgan fingerprint density at radius 2 is 2.17 bits per heavy atom. The molecule has 0 radical (unpaired) electrons. The predicted molar refractivity (Wildman–Crippen MR) is 69.4 cm³/mol. The zero-order valence-electron chi connectivity index (χ0n) is 10.9. The molecule has 2 N–H and O–H groups in total. The Morgan fingerprint density at radius 1 is 1.50 bits per heavy atom. The molecular weight excluding hydrogens is 235 g/mol. The van der Waals surface area contributed by atoms with Crippen molar-refractivity contribution in [2.75, 3.05) is 25.6 Å². The Balaban J connectivity index is 2.87. The minimum atomic E-state index is -0.563. The van der Waals surface area contributed by atoms with Gasteiger partial charge < -0.3 is 15.3 Å². The van der Waals surface area contributed by atoms with E-state index in [2.05, 4.69) is 5.32 Å². The van der Waals surface area contributed by atoms with Crippen molar-refractivity contribution in [3.8, 4) is 0 Å². The Morgan fingerprint density at radius 3 is 2.61 bits per heavy atom. The van der Waals surface area contributed by atoms with Crippen LogP contribution in [0.4, 0.5) is 10.1 Å². The Bertz CT molecular complexity index is 417. The molecule has 0 saturated heterocycles. The van der Waals surface area contributed by atoms with Crippen molar-refractivity contribution in [2.24, 2.45) is 0 Å². The summed E-state index contributed by atoms with van der Waals surface area (Å²) in [5, 5.41) is 11.6. The smallest absolute Gasteiger partial charge is 0.254 e. The van der Waals surface area contributed by atoms with Gasteiger partial charge in [0.05, 0.1) is 18.2 Å². The number of halogens is 1. The van der Waals surface area contributed by atoms with E-state index < -0.39 is 11.7 Å². The van der Waals surface area contributed by atoms with Crippen LogP contribution >= 0.6 is 0 Å². The number of anilines is 1. The van der Waals surface area contributed by atoms with Gasteiger partial charge in [0, 0.05) is 19.8 Å². The number of hydrogen-bond acceptors (Lipinski definition) is 3. The van der Waals surface area contributed by atoms with Gasteiger partial charge in [-0.05, 0) is 24.6 Å². The van der Waals surface area contributed by atoms with Crippen LogP contribution < -0.4 is 10.2 Å². The molecule has 100 valence electrons. The van der Waals surface area contributed by atoms with Crippen LogP contribution in [0.3, 0.4) is 0 Å². The summed E-state index contributed by atoms with van der Waals surface area (Å²) in [6.07, 6.45) is 0.597. The number of aliphatic hydroxyl groups is 1. The van der Waals surface area contributed by atoms with Gasteiger partial charge in [0.15, 0.2) is 0 Å². The normalized spacial score (nSPS) is 12.1. The van der Waals surface area contributed by atoms with E-state index in [0.29, 0.717) is 12.1 Å². The number of benzene rings is 1. The van der Waals surface area contributed by atoms with Crippen LogP contribution in [-0.4, -0.2) is 37.8 Å². The fraction of sp³-hybridized carbons (Fsp3) is 0.462. The first kappa shape index (κ1) is 14.4. The third kappa shape index (κ3) is 3.43. The summed E-state index contributed by atoms with van der Waals surface area (Å²) in [4.78, 5) is 13.6. The highest BCUT2D eigenvalue weighted by Gasteiger charge is 2.15. The van der Waals surface area contributed by atoms with Gasteiger partial charge in [-0.2, -0.15) is 0 Å². The highest BCUT2D eigenvalue weighted by atomic mass is 19.1. The molecule has 5 heteroatoms. The van der Waals surface area contributed by atoms with Crippen molar-refractivity contribution in [3.63, 3.8) is 0 Å². The highest BCUT2D eigenvalue weighted by Crippen LogP contribution is 2.16. The predicted octanol–water partition coefficient (Wildman–Crippen LogP) is 1.39. The van der Waals surface area contributed by atoms with Crippen LogP contribution in [0.25, 0.3) is 0 Å². The lowest BCUT2D eigenvalue weighted by atomic mass is 10.1. The van der Waals surface area contributed by atoms with Crippen molar-refractivity contribution < 1.29 is 14.3 Å². The van der Waals surface area contributed by atoms with Crippen LogP contribution in [0, 0.1) is 5.82 Å². The summed E-state index contributed by atoms with van der Waals surface area (Å²) in [6, 6.07) is 4.10. The number of aliphatic hydroxyl groups excluding tert-OH is 1. The molecule has 0 bridgehead atoms. The maximum atomic E-state index is 13.8. The Kier molecular flexibility index (Phi) is 5.09. The summed E-state index contributed by atoms with van der Waals surface area (Å²) in [7, 11) is 3.60. The van der Waals surface area contributed by atoms with Crippen molar-refractivity contribution in [2.45, 2.75) is 19.4 Å². The number of nitrogens with one attached hydrogen (secondary N) is 1. The monoisotopic (exact) mass is 254 g/mol. The van der Waals surface area contributed by atoms with Crippen LogP contribution in [-0.2, 0) is 0 Å². The number of carbonyl (C=O) groups excluding carboxylic acids is 1. The molecule has 0 heterocycles. The van der Waals surface area contributed by atoms with Crippen LogP contribution in [0.5, 0.6) is 0 Å². The Labute approximate surface area is 106 Å². The van der Waals surface area contributed by atoms with Crippen molar-refractivity contribution >= 4 is 11.6 Å². The van der Waals surface area contributed by atoms with E-state index in [9.17, 15) is 9.18 Å². The van der Waals surface area contributed by atoms with Gasteiger partial charge in [0.1, 0.15) is 5.82 Å². The maximum absolute atomic E-state index is 13.8. The molecule has 0 spiro atoms. The second-order valence-corrected chi connectivity index (χ2v) is 4.32. The van der Waals surface area contributed by atoms with Gasteiger partial charge in [0.25, 0.3) is 5.91 Å². The van der Waals surface area contributed by atoms with Crippen LogP contribution in [0.15, 0.2) is 18.2 Å². The number of amides is 1. The summed E-state index contributed by atoms with van der Waals surface area (Å²) in [5.74, 6) is -1.06. The average Bonchev–Trinajstić information content (AvgIpc) is 2.35. The third-order valence-electron chi connectivity index (χ3n) is 2.76. The minimum Gasteiger partial charge on any atom is -0.394 e. The van der Waals surface area contributed by atoms with E-state index in [-0.39, 0.29) is 18.2 Å². The van der Waals surface area contributed by atoms with Gasteiger partial charge in [0.2, 0.25) is 0 Å². The van der Waals surface area contributed by atoms with E-state index in [1.807, 2.05) is 6.92 Å². The molecule has 1 atom stereocenters.